The van der Waals surface area contributed by atoms with Gasteiger partial charge in [-0.25, -0.2) is 19.3 Å². The van der Waals surface area contributed by atoms with Crippen LogP contribution in [0.25, 0.3) is 0 Å². The molecular formula is C26H27F4N5O5S. The molecule has 0 radical (unpaired) electrons. The molecule has 1 fully saturated rings. The number of carbonyl (C=O) groups excluding carboxylic acids is 1. The second kappa shape index (κ2) is 11.9. The van der Waals surface area contributed by atoms with Crippen LogP contribution in [0.4, 0.5) is 23.4 Å². The van der Waals surface area contributed by atoms with Crippen LogP contribution in [0.1, 0.15) is 42.0 Å². The number of aryl methyl sites for hydroxylation is 1. The van der Waals surface area contributed by atoms with Gasteiger partial charge in [0.25, 0.3) is 10.0 Å². The summed E-state index contributed by atoms with van der Waals surface area (Å²) >= 11 is 0. The minimum Gasteiger partial charge on any atom is -0.473 e. The Morgan fingerprint density at radius 2 is 1.85 bits per heavy atom. The van der Waals surface area contributed by atoms with E-state index in [9.17, 15) is 30.8 Å². The molecule has 3 aromatic rings. The van der Waals surface area contributed by atoms with Crippen LogP contribution in [0.15, 0.2) is 53.8 Å². The smallest absolute Gasteiger partial charge is 0.419 e. The number of anilines is 1. The highest BCUT2D eigenvalue weighted by molar-refractivity contribution is 7.92. The fourth-order valence-corrected chi connectivity index (χ4v) is 6.23. The molecule has 41 heavy (non-hydrogen) atoms. The average molecular weight is 598 g/mol. The molecule has 0 amide bonds. The molecule has 1 aromatic carbocycles. The summed E-state index contributed by atoms with van der Waals surface area (Å²) < 4.78 is 86.6. The first-order valence-corrected chi connectivity index (χ1v) is 13.9. The largest absolute Gasteiger partial charge is 0.473 e. The summed E-state index contributed by atoms with van der Waals surface area (Å²) in [6.07, 6.45) is -1.44. The number of carbonyl (C=O) groups is 1. The molecule has 1 aliphatic rings. The third-order valence-electron chi connectivity index (χ3n) is 6.86. The van der Waals surface area contributed by atoms with E-state index in [4.69, 9.17) is 9.57 Å². The second-order valence-electron chi connectivity index (χ2n) is 9.67. The molecule has 0 N–H and O–H groups in total. The number of halogens is 4. The van der Waals surface area contributed by atoms with Crippen LogP contribution >= 0.6 is 0 Å². The predicted octanol–water partition coefficient (Wildman–Crippen LogP) is 4.27. The molecule has 2 heterocycles. The first-order valence-electron chi connectivity index (χ1n) is 12.4. The first-order chi connectivity index (χ1) is 19.3. The fourth-order valence-electron chi connectivity index (χ4n) is 4.89. The van der Waals surface area contributed by atoms with Crippen LogP contribution in [0.5, 0.6) is 5.88 Å². The topological polar surface area (TPSA) is 115 Å². The summed E-state index contributed by atoms with van der Waals surface area (Å²) in [7, 11) is -0.784. The minimum absolute atomic E-state index is 0.0481. The molecule has 220 valence electrons. The van der Waals surface area contributed by atoms with Gasteiger partial charge < -0.3 is 14.5 Å². The second-order valence-corrected chi connectivity index (χ2v) is 11.4. The standard InChI is InChI=1S/C26H27F4N5O5S/c1-16-23(41(37,38)35(39-15-36)24-10-11-31-14-32-24)8-9-25(33-16)40-22-7-5-18(13-21(22)34(2)3)17-4-6-20(27)19(12-17)26(28,29)30/h4,6,8-12,14-15,18,21-22H,5,7,13H2,1-3H3/t18-,21-,22-/m0/s1. The highest BCUT2D eigenvalue weighted by Crippen LogP contribution is 2.39. The van der Waals surface area contributed by atoms with Crippen LogP contribution in [0.3, 0.4) is 0 Å². The SMILES string of the molecule is Cc1nc(O[C@H]2CC[C@H](c3ccc(F)c(C(F)(F)F)c3)C[C@@H]2N(C)C)ccc1S(=O)(=O)N(OC=O)c1ccncn1. The molecular weight excluding hydrogens is 570 g/mol. The fraction of sp³-hybridized carbons (Fsp3) is 0.385. The quantitative estimate of drug-likeness (QED) is 0.203. The number of alkyl halides is 3. The number of rotatable bonds is 9. The number of nitrogens with zero attached hydrogens (tertiary/aromatic N) is 5. The molecule has 10 nitrogen and oxygen atoms in total. The van der Waals surface area contributed by atoms with E-state index < -0.39 is 33.7 Å². The van der Waals surface area contributed by atoms with E-state index in [-0.39, 0.29) is 40.7 Å². The van der Waals surface area contributed by atoms with Crippen molar-refractivity contribution in [2.45, 2.75) is 55.3 Å². The Balaban J connectivity index is 1.54. The molecule has 0 bridgehead atoms. The molecule has 0 aliphatic heterocycles. The third kappa shape index (κ3) is 6.56. The number of aromatic nitrogens is 3. The van der Waals surface area contributed by atoms with Gasteiger partial charge in [-0.1, -0.05) is 10.5 Å². The number of benzene rings is 1. The molecule has 0 saturated heterocycles. The summed E-state index contributed by atoms with van der Waals surface area (Å²) in [5, 5.41) is 0. The van der Waals surface area contributed by atoms with Crippen molar-refractivity contribution in [1.82, 2.24) is 19.9 Å². The molecule has 3 atom stereocenters. The Hall–Kier alpha value is -3.85. The zero-order valence-electron chi connectivity index (χ0n) is 22.2. The van der Waals surface area contributed by atoms with Gasteiger partial charge in [0.05, 0.1) is 11.3 Å². The number of hydrogen-bond acceptors (Lipinski definition) is 9. The van der Waals surface area contributed by atoms with Gasteiger partial charge in [0, 0.05) is 24.4 Å². The van der Waals surface area contributed by atoms with E-state index in [0.717, 1.165) is 18.5 Å². The summed E-state index contributed by atoms with van der Waals surface area (Å²) in [4.78, 5) is 29.2. The van der Waals surface area contributed by atoms with Crippen LogP contribution in [-0.4, -0.2) is 61.0 Å². The Morgan fingerprint density at radius 1 is 1.10 bits per heavy atom. The molecule has 4 rings (SSSR count). The maximum absolute atomic E-state index is 13.8. The third-order valence-corrected chi connectivity index (χ3v) is 8.55. The zero-order valence-corrected chi connectivity index (χ0v) is 23.1. The van der Waals surface area contributed by atoms with Crippen LogP contribution < -0.4 is 9.21 Å². The molecule has 1 saturated carbocycles. The summed E-state index contributed by atoms with van der Waals surface area (Å²) in [6, 6.07) is 6.75. The van der Waals surface area contributed by atoms with Gasteiger partial charge in [-0.2, -0.15) is 21.6 Å². The summed E-state index contributed by atoms with van der Waals surface area (Å²) in [6.45, 7) is 1.40. The average Bonchev–Trinajstić information content (AvgIpc) is 2.91. The maximum atomic E-state index is 13.8. The highest BCUT2D eigenvalue weighted by Gasteiger charge is 2.38. The van der Waals surface area contributed by atoms with Gasteiger partial charge >= 0.3 is 12.6 Å². The van der Waals surface area contributed by atoms with Crippen LogP contribution in [-0.2, 0) is 25.8 Å². The monoisotopic (exact) mass is 597 g/mol. The number of ether oxygens (including phenoxy) is 1. The lowest BCUT2D eigenvalue weighted by molar-refractivity contribution is -0.140. The van der Waals surface area contributed by atoms with Crippen molar-refractivity contribution in [2.75, 3.05) is 18.6 Å². The minimum atomic E-state index is -4.80. The molecule has 1 aliphatic carbocycles. The van der Waals surface area contributed by atoms with Crippen molar-refractivity contribution in [3.63, 3.8) is 0 Å². The van der Waals surface area contributed by atoms with Crippen molar-refractivity contribution in [1.29, 1.82) is 0 Å². The van der Waals surface area contributed by atoms with E-state index in [0.29, 0.717) is 29.3 Å². The van der Waals surface area contributed by atoms with Gasteiger partial charge in [0.15, 0.2) is 5.82 Å². The maximum Gasteiger partial charge on any atom is 0.419 e. The van der Waals surface area contributed by atoms with E-state index in [1.54, 1.807) is 0 Å². The van der Waals surface area contributed by atoms with Gasteiger partial charge in [0.2, 0.25) is 5.88 Å². The van der Waals surface area contributed by atoms with E-state index in [2.05, 4.69) is 15.0 Å². The predicted molar refractivity (Wildman–Crippen MR) is 138 cm³/mol. The van der Waals surface area contributed by atoms with E-state index >= 15 is 0 Å². The van der Waals surface area contributed by atoms with Crippen molar-refractivity contribution < 1.29 is 40.3 Å². The number of hydrogen-bond donors (Lipinski definition) is 0. The normalized spacial score (nSPS) is 19.6. The lowest BCUT2D eigenvalue weighted by Crippen LogP contribution is -2.46. The van der Waals surface area contributed by atoms with Crippen molar-refractivity contribution in [3.8, 4) is 5.88 Å². The summed E-state index contributed by atoms with van der Waals surface area (Å²) in [5.41, 5.74) is -0.822. The molecule has 0 unspecified atom stereocenters. The van der Waals surface area contributed by atoms with Gasteiger partial charge in [-0.3, -0.25) is 4.79 Å². The van der Waals surface area contributed by atoms with Gasteiger partial charge in [0.1, 0.15) is 23.1 Å². The Labute approximate surface area is 233 Å². The summed E-state index contributed by atoms with van der Waals surface area (Å²) in [5.74, 6) is -1.62. The van der Waals surface area contributed by atoms with Crippen molar-refractivity contribution >= 4 is 22.3 Å². The Kier molecular flexibility index (Phi) is 8.77. The Morgan fingerprint density at radius 3 is 2.46 bits per heavy atom. The molecule has 15 heteroatoms. The van der Waals surface area contributed by atoms with E-state index in [1.165, 1.54) is 37.4 Å². The van der Waals surface area contributed by atoms with Gasteiger partial charge in [-0.05, 0) is 70.0 Å². The van der Waals surface area contributed by atoms with Gasteiger partial charge in [-0.15, -0.1) is 0 Å². The number of likely N-dealkylation sites (N-methyl/N-ethyl adjacent to an activating group) is 1. The first kappa shape index (κ1) is 30.1. The zero-order chi connectivity index (χ0) is 29.9. The lowest BCUT2D eigenvalue weighted by Gasteiger charge is -2.39. The number of sulfonamides is 1. The Bertz CT molecular complexity index is 1490. The van der Waals surface area contributed by atoms with Crippen molar-refractivity contribution in [2.24, 2.45) is 0 Å². The van der Waals surface area contributed by atoms with E-state index in [1.807, 2.05) is 19.0 Å². The molecule has 2 aromatic heterocycles. The van der Waals surface area contributed by atoms with Crippen molar-refractivity contribution in [3.05, 3.63) is 71.6 Å². The lowest BCUT2D eigenvalue weighted by atomic mass is 9.79. The van der Waals surface area contributed by atoms with Crippen LogP contribution in [0.2, 0.25) is 0 Å². The molecule has 0 spiro atoms. The highest BCUT2D eigenvalue weighted by atomic mass is 32.2. The van der Waals surface area contributed by atoms with Crippen LogP contribution in [0, 0.1) is 12.7 Å². The number of pyridine rings is 1.